The first-order chi connectivity index (χ1) is 7.52. The normalized spacial score (nSPS) is 34.2. The molecule has 0 N–H and O–H groups in total. The van der Waals surface area contributed by atoms with Crippen LogP contribution in [0, 0.1) is 11.8 Å². The number of halogens is 1. The fourth-order valence-electron chi connectivity index (χ4n) is 2.36. The molecule has 0 spiro atoms. The maximum absolute atomic E-state index is 12.4. The predicted octanol–water partition coefficient (Wildman–Crippen LogP) is 3.75. The third kappa shape index (κ3) is 1.98. The van der Waals surface area contributed by atoms with E-state index in [0.29, 0.717) is 0 Å². The van der Waals surface area contributed by atoms with Crippen molar-refractivity contribution >= 4 is 33.0 Å². The van der Waals surface area contributed by atoms with Gasteiger partial charge in [-0.3, -0.25) is 4.79 Å². The Morgan fingerprint density at radius 3 is 2.44 bits per heavy atom. The first-order valence-electron chi connectivity index (χ1n) is 5.43. The molecular formula is C12H15BrO2S. The van der Waals surface area contributed by atoms with E-state index in [2.05, 4.69) is 22.9 Å². The van der Waals surface area contributed by atoms with Gasteiger partial charge in [-0.15, -0.1) is 0 Å². The summed E-state index contributed by atoms with van der Waals surface area (Å²) < 4.78 is 6.62. The molecule has 1 saturated heterocycles. The topological polar surface area (TPSA) is 26.3 Å². The maximum Gasteiger partial charge on any atom is 0.170 e. The smallest absolute Gasteiger partial charge is 0.170 e. The summed E-state index contributed by atoms with van der Waals surface area (Å²) >= 11 is 4.97. The fraction of sp³-hybridized carbons (Fsp3) is 0.583. The van der Waals surface area contributed by atoms with Gasteiger partial charge in [-0.25, -0.2) is 0 Å². The number of carbonyl (C=O) groups is 1. The average Bonchev–Trinajstić information content (AvgIpc) is 2.73. The minimum absolute atomic E-state index is 0.0131. The zero-order valence-corrected chi connectivity index (χ0v) is 12.0. The van der Waals surface area contributed by atoms with Crippen molar-refractivity contribution in [1.29, 1.82) is 0 Å². The lowest BCUT2D eigenvalue weighted by Crippen LogP contribution is -2.26. The molecule has 1 aliphatic rings. The Bertz CT molecular complexity index is 401. The molecule has 88 valence electrons. The summed E-state index contributed by atoms with van der Waals surface area (Å²) in [6, 6.07) is 0. The third-order valence-corrected chi connectivity index (χ3v) is 5.13. The van der Waals surface area contributed by atoms with Crippen LogP contribution in [0.2, 0.25) is 0 Å². The SMILES string of the molecule is CC1OC(C)C(C(=O)c2cscc2Br)C1C. The molecule has 2 heterocycles. The van der Waals surface area contributed by atoms with Gasteiger partial charge in [0.15, 0.2) is 5.78 Å². The molecule has 2 nitrogen and oxygen atoms in total. The lowest BCUT2D eigenvalue weighted by atomic mass is 9.84. The van der Waals surface area contributed by atoms with Gasteiger partial charge in [0.2, 0.25) is 0 Å². The van der Waals surface area contributed by atoms with Crippen LogP contribution in [0.1, 0.15) is 31.1 Å². The van der Waals surface area contributed by atoms with Crippen LogP contribution in [0.5, 0.6) is 0 Å². The lowest BCUT2D eigenvalue weighted by molar-refractivity contribution is 0.0491. The first kappa shape index (κ1) is 12.3. The molecule has 4 unspecified atom stereocenters. The molecule has 0 radical (unpaired) electrons. The van der Waals surface area contributed by atoms with E-state index in [0.717, 1.165) is 10.0 Å². The van der Waals surface area contributed by atoms with Gasteiger partial charge in [-0.2, -0.15) is 11.3 Å². The average molecular weight is 303 g/mol. The van der Waals surface area contributed by atoms with Gasteiger partial charge < -0.3 is 4.74 Å². The van der Waals surface area contributed by atoms with Crippen molar-refractivity contribution in [3.8, 4) is 0 Å². The number of ether oxygens (including phenoxy) is 1. The van der Waals surface area contributed by atoms with Crippen molar-refractivity contribution in [2.45, 2.75) is 33.0 Å². The van der Waals surface area contributed by atoms with Crippen molar-refractivity contribution < 1.29 is 9.53 Å². The summed E-state index contributed by atoms with van der Waals surface area (Å²) in [4.78, 5) is 12.4. The van der Waals surface area contributed by atoms with Crippen LogP contribution in [-0.4, -0.2) is 18.0 Å². The summed E-state index contributed by atoms with van der Waals surface area (Å²) in [7, 11) is 0. The van der Waals surface area contributed by atoms with Gasteiger partial charge in [-0.1, -0.05) is 6.92 Å². The van der Waals surface area contributed by atoms with Crippen LogP contribution in [0.15, 0.2) is 15.2 Å². The van der Waals surface area contributed by atoms with Gasteiger partial charge in [0.05, 0.1) is 18.1 Å². The van der Waals surface area contributed by atoms with E-state index in [-0.39, 0.29) is 29.8 Å². The van der Waals surface area contributed by atoms with Crippen molar-refractivity contribution in [2.75, 3.05) is 0 Å². The second-order valence-electron chi connectivity index (χ2n) is 4.43. The number of thiophene rings is 1. The van der Waals surface area contributed by atoms with Crippen LogP contribution in [-0.2, 0) is 4.74 Å². The molecule has 1 aromatic rings. The monoisotopic (exact) mass is 302 g/mol. The quantitative estimate of drug-likeness (QED) is 0.778. The second kappa shape index (κ2) is 4.59. The Balaban J connectivity index is 2.26. The molecular weight excluding hydrogens is 288 g/mol. The van der Waals surface area contributed by atoms with E-state index >= 15 is 0 Å². The number of Topliss-reactive ketones (excluding diaryl/α,β-unsaturated/α-hetero) is 1. The summed E-state index contributed by atoms with van der Waals surface area (Å²) in [6.07, 6.45) is 0.186. The Labute approximate surface area is 108 Å². The largest absolute Gasteiger partial charge is 0.374 e. The predicted molar refractivity (Wildman–Crippen MR) is 69.0 cm³/mol. The summed E-state index contributed by atoms with van der Waals surface area (Å²) in [6.45, 7) is 6.12. The van der Waals surface area contributed by atoms with E-state index < -0.39 is 0 Å². The number of carbonyl (C=O) groups excluding carboxylic acids is 1. The Morgan fingerprint density at radius 1 is 1.31 bits per heavy atom. The van der Waals surface area contributed by atoms with Crippen molar-refractivity contribution in [3.05, 3.63) is 20.8 Å². The zero-order chi connectivity index (χ0) is 11.9. The molecule has 2 rings (SSSR count). The zero-order valence-electron chi connectivity index (χ0n) is 9.57. The van der Waals surface area contributed by atoms with E-state index in [4.69, 9.17) is 4.74 Å². The molecule has 16 heavy (non-hydrogen) atoms. The number of hydrogen-bond donors (Lipinski definition) is 0. The van der Waals surface area contributed by atoms with Gasteiger partial charge in [0, 0.05) is 20.8 Å². The Kier molecular flexibility index (Phi) is 3.52. The van der Waals surface area contributed by atoms with Gasteiger partial charge in [-0.05, 0) is 35.7 Å². The summed E-state index contributed by atoms with van der Waals surface area (Å²) in [5.74, 6) is 0.479. The number of hydrogen-bond acceptors (Lipinski definition) is 3. The van der Waals surface area contributed by atoms with Crippen LogP contribution in [0.3, 0.4) is 0 Å². The van der Waals surface area contributed by atoms with Gasteiger partial charge >= 0.3 is 0 Å². The highest BCUT2D eigenvalue weighted by atomic mass is 79.9. The van der Waals surface area contributed by atoms with E-state index in [1.807, 2.05) is 24.6 Å². The highest BCUT2D eigenvalue weighted by Gasteiger charge is 2.42. The van der Waals surface area contributed by atoms with Gasteiger partial charge in [0.1, 0.15) is 0 Å². The van der Waals surface area contributed by atoms with E-state index in [1.165, 1.54) is 0 Å². The molecule has 1 aliphatic heterocycles. The molecule has 0 amide bonds. The Morgan fingerprint density at radius 2 is 2.00 bits per heavy atom. The third-order valence-electron chi connectivity index (χ3n) is 3.42. The lowest BCUT2D eigenvalue weighted by Gasteiger charge is -2.16. The van der Waals surface area contributed by atoms with Gasteiger partial charge in [0.25, 0.3) is 0 Å². The summed E-state index contributed by atoms with van der Waals surface area (Å²) in [5, 5.41) is 3.86. The van der Waals surface area contributed by atoms with Crippen LogP contribution < -0.4 is 0 Å². The molecule has 0 aromatic carbocycles. The molecule has 0 saturated carbocycles. The molecule has 1 fully saturated rings. The highest BCUT2D eigenvalue weighted by Crippen LogP contribution is 2.36. The first-order valence-corrected chi connectivity index (χ1v) is 7.17. The molecule has 4 atom stereocenters. The van der Waals surface area contributed by atoms with E-state index in [9.17, 15) is 4.79 Å². The highest BCUT2D eigenvalue weighted by molar-refractivity contribution is 9.10. The van der Waals surface area contributed by atoms with Crippen LogP contribution >= 0.6 is 27.3 Å². The van der Waals surface area contributed by atoms with E-state index in [1.54, 1.807) is 11.3 Å². The minimum Gasteiger partial charge on any atom is -0.374 e. The fourth-order valence-corrected chi connectivity index (χ4v) is 3.83. The maximum atomic E-state index is 12.4. The van der Waals surface area contributed by atoms with Crippen molar-refractivity contribution in [3.63, 3.8) is 0 Å². The standard InChI is InChI=1S/C12H15BrO2S/c1-6-7(2)15-8(3)11(6)12(14)9-4-16-5-10(9)13/h4-8,11H,1-3H3. The molecule has 0 bridgehead atoms. The van der Waals surface area contributed by atoms with Crippen molar-refractivity contribution in [1.82, 2.24) is 0 Å². The second-order valence-corrected chi connectivity index (χ2v) is 6.03. The Hall–Kier alpha value is -0.190. The van der Waals surface area contributed by atoms with Crippen molar-refractivity contribution in [2.24, 2.45) is 11.8 Å². The number of rotatable bonds is 2. The molecule has 1 aromatic heterocycles. The molecule has 4 heteroatoms. The number of ketones is 1. The van der Waals surface area contributed by atoms with Crippen LogP contribution in [0.4, 0.5) is 0 Å². The molecule has 0 aliphatic carbocycles. The summed E-state index contributed by atoms with van der Waals surface area (Å²) in [5.41, 5.74) is 0.798. The minimum atomic E-state index is -0.0131. The van der Waals surface area contributed by atoms with Crippen LogP contribution in [0.25, 0.3) is 0 Å².